The number of methoxy groups -OCH3 is 1. The number of rotatable bonds is 4. The summed E-state index contributed by atoms with van der Waals surface area (Å²) < 4.78 is 5.04. The van der Waals surface area contributed by atoms with E-state index in [-0.39, 0.29) is 23.8 Å². The summed E-state index contributed by atoms with van der Waals surface area (Å²) in [5.74, 6) is 0.287. The predicted molar refractivity (Wildman–Crippen MR) is 92.9 cm³/mol. The lowest BCUT2D eigenvalue weighted by atomic mass is 10.1. The first-order valence-corrected chi connectivity index (χ1v) is 7.08. The second-order valence-electron chi connectivity index (χ2n) is 5.13. The van der Waals surface area contributed by atoms with Crippen LogP contribution in [0.1, 0.15) is 5.56 Å². The Hall–Kier alpha value is -2.47. The Morgan fingerprint density at radius 1 is 1.30 bits per heavy atom. The molecule has 3 rings (SSSR count). The van der Waals surface area contributed by atoms with Gasteiger partial charge in [0.15, 0.2) is 5.75 Å². The molecule has 23 heavy (non-hydrogen) atoms. The number of hydrogen-bond acceptors (Lipinski definition) is 5. The molecule has 0 bridgehead atoms. The zero-order valence-corrected chi connectivity index (χ0v) is 13.5. The van der Waals surface area contributed by atoms with Gasteiger partial charge in [-0.2, -0.15) is 0 Å². The number of nitrogens with zero attached hydrogens (tertiary/aromatic N) is 2. The molecule has 1 heterocycles. The maximum Gasteiger partial charge on any atom is 0.311 e. The second kappa shape index (κ2) is 7.19. The third-order valence-corrected chi connectivity index (χ3v) is 3.76. The molecule has 0 amide bonds. The first-order valence-electron chi connectivity index (χ1n) is 7.08. The molecular weight excluding hydrogens is 318 g/mol. The SMILES string of the molecule is COc1ccc(CN2CCNc3ccccc32)cc1[N+](=O)[O-].Cl. The van der Waals surface area contributed by atoms with Crippen LogP contribution in [0.15, 0.2) is 42.5 Å². The van der Waals surface area contributed by atoms with Crippen LogP contribution in [0.25, 0.3) is 0 Å². The molecule has 0 aliphatic carbocycles. The topological polar surface area (TPSA) is 67.6 Å². The van der Waals surface area contributed by atoms with Crippen molar-refractivity contribution >= 4 is 29.5 Å². The third kappa shape index (κ3) is 3.48. The number of nitro groups is 1. The lowest BCUT2D eigenvalue weighted by molar-refractivity contribution is -0.385. The zero-order chi connectivity index (χ0) is 15.5. The van der Waals surface area contributed by atoms with Gasteiger partial charge in [-0.25, -0.2) is 0 Å². The lowest BCUT2D eigenvalue weighted by Crippen LogP contribution is -2.33. The molecule has 0 unspecified atom stereocenters. The van der Waals surface area contributed by atoms with Gasteiger partial charge in [0, 0.05) is 25.7 Å². The van der Waals surface area contributed by atoms with E-state index in [1.165, 1.54) is 7.11 Å². The van der Waals surface area contributed by atoms with Gasteiger partial charge < -0.3 is 15.0 Å². The number of halogens is 1. The number of hydrogen-bond donors (Lipinski definition) is 1. The van der Waals surface area contributed by atoms with E-state index in [1.807, 2.05) is 24.3 Å². The number of nitro benzene ring substituents is 1. The highest BCUT2D eigenvalue weighted by atomic mass is 35.5. The standard InChI is InChI=1S/C16H17N3O3.ClH/c1-22-16-7-6-12(10-15(16)19(20)21)11-18-9-8-17-13-4-2-3-5-14(13)18;/h2-7,10,17H,8-9,11H2,1H3;1H. The third-order valence-electron chi connectivity index (χ3n) is 3.76. The van der Waals surface area contributed by atoms with Gasteiger partial charge in [0.1, 0.15) is 0 Å². The molecule has 0 radical (unpaired) electrons. The number of anilines is 2. The number of benzene rings is 2. The van der Waals surface area contributed by atoms with Gasteiger partial charge in [-0.05, 0) is 23.8 Å². The molecule has 0 fully saturated rings. The normalized spacial score (nSPS) is 12.7. The number of ether oxygens (including phenoxy) is 1. The Morgan fingerprint density at radius 3 is 2.83 bits per heavy atom. The Labute approximate surface area is 140 Å². The Bertz CT molecular complexity index is 709. The van der Waals surface area contributed by atoms with Gasteiger partial charge >= 0.3 is 5.69 Å². The molecule has 0 atom stereocenters. The number of para-hydroxylation sites is 2. The van der Waals surface area contributed by atoms with E-state index in [2.05, 4.69) is 16.3 Å². The van der Waals surface area contributed by atoms with Crippen LogP contribution in [-0.2, 0) is 6.54 Å². The molecule has 2 aromatic carbocycles. The molecule has 2 aromatic rings. The first kappa shape index (κ1) is 16.9. The molecule has 1 aliphatic heterocycles. The molecular formula is C16H18ClN3O3. The fourth-order valence-corrected chi connectivity index (χ4v) is 2.71. The first-order chi connectivity index (χ1) is 10.7. The maximum atomic E-state index is 11.1. The highest BCUT2D eigenvalue weighted by molar-refractivity contribution is 5.85. The van der Waals surface area contributed by atoms with E-state index in [0.717, 1.165) is 30.0 Å². The maximum absolute atomic E-state index is 11.1. The van der Waals surface area contributed by atoms with E-state index in [9.17, 15) is 10.1 Å². The lowest BCUT2D eigenvalue weighted by Gasteiger charge is -2.32. The Morgan fingerprint density at radius 2 is 2.09 bits per heavy atom. The van der Waals surface area contributed by atoms with E-state index >= 15 is 0 Å². The van der Waals surface area contributed by atoms with E-state index < -0.39 is 4.92 Å². The van der Waals surface area contributed by atoms with Gasteiger partial charge in [-0.15, -0.1) is 12.4 Å². The van der Waals surface area contributed by atoms with Crippen LogP contribution in [0.3, 0.4) is 0 Å². The fraction of sp³-hybridized carbons (Fsp3) is 0.250. The molecule has 1 N–H and O–H groups in total. The van der Waals surface area contributed by atoms with Crippen molar-refractivity contribution in [2.75, 3.05) is 30.4 Å². The number of fused-ring (bicyclic) bond motifs is 1. The van der Waals surface area contributed by atoms with Gasteiger partial charge in [-0.3, -0.25) is 10.1 Å². The summed E-state index contributed by atoms with van der Waals surface area (Å²) in [5, 5.41) is 14.5. The minimum atomic E-state index is -0.409. The molecule has 1 aliphatic rings. The van der Waals surface area contributed by atoms with E-state index in [4.69, 9.17) is 4.74 Å². The quantitative estimate of drug-likeness (QED) is 0.684. The average molecular weight is 336 g/mol. The molecule has 0 spiro atoms. The Balaban J connectivity index is 0.00000192. The van der Waals surface area contributed by atoms with Crippen molar-refractivity contribution in [2.45, 2.75) is 6.54 Å². The summed E-state index contributed by atoms with van der Waals surface area (Å²) in [6.07, 6.45) is 0. The van der Waals surface area contributed by atoms with E-state index in [0.29, 0.717) is 6.54 Å². The molecule has 0 saturated heterocycles. The molecule has 122 valence electrons. The van der Waals surface area contributed by atoms with Crippen molar-refractivity contribution in [3.05, 3.63) is 58.1 Å². The minimum absolute atomic E-state index is 0. The van der Waals surface area contributed by atoms with Crippen LogP contribution in [0.4, 0.5) is 17.1 Å². The van der Waals surface area contributed by atoms with Crippen LogP contribution in [0.5, 0.6) is 5.75 Å². The summed E-state index contributed by atoms with van der Waals surface area (Å²) >= 11 is 0. The van der Waals surface area contributed by atoms with Gasteiger partial charge in [0.25, 0.3) is 0 Å². The summed E-state index contributed by atoms with van der Waals surface area (Å²) in [6, 6.07) is 13.2. The zero-order valence-electron chi connectivity index (χ0n) is 12.7. The molecule has 6 nitrogen and oxygen atoms in total. The van der Waals surface area contributed by atoms with Crippen molar-refractivity contribution in [3.63, 3.8) is 0 Å². The van der Waals surface area contributed by atoms with Crippen LogP contribution in [0.2, 0.25) is 0 Å². The summed E-state index contributed by atoms with van der Waals surface area (Å²) in [4.78, 5) is 12.9. The van der Waals surface area contributed by atoms with Gasteiger partial charge in [0.05, 0.1) is 23.4 Å². The number of nitrogens with one attached hydrogen (secondary N) is 1. The van der Waals surface area contributed by atoms with Crippen molar-refractivity contribution in [2.24, 2.45) is 0 Å². The summed E-state index contributed by atoms with van der Waals surface area (Å²) in [6.45, 7) is 2.34. The monoisotopic (exact) mass is 335 g/mol. The highest BCUT2D eigenvalue weighted by Gasteiger charge is 2.19. The summed E-state index contributed by atoms with van der Waals surface area (Å²) in [7, 11) is 1.44. The minimum Gasteiger partial charge on any atom is -0.490 e. The van der Waals surface area contributed by atoms with Crippen molar-refractivity contribution in [1.82, 2.24) is 0 Å². The van der Waals surface area contributed by atoms with Crippen LogP contribution >= 0.6 is 12.4 Å². The van der Waals surface area contributed by atoms with Crippen molar-refractivity contribution in [3.8, 4) is 5.75 Å². The summed E-state index contributed by atoms with van der Waals surface area (Å²) in [5.41, 5.74) is 3.11. The Kier molecular flexibility index (Phi) is 5.28. The molecule has 0 saturated carbocycles. The van der Waals surface area contributed by atoms with Crippen LogP contribution in [0, 0.1) is 10.1 Å². The van der Waals surface area contributed by atoms with Crippen molar-refractivity contribution in [1.29, 1.82) is 0 Å². The second-order valence-corrected chi connectivity index (χ2v) is 5.13. The van der Waals surface area contributed by atoms with Crippen LogP contribution in [-0.4, -0.2) is 25.1 Å². The van der Waals surface area contributed by atoms with Gasteiger partial charge in [0.2, 0.25) is 0 Å². The molecule has 0 aromatic heterocycles. The predicted octanol–water partition coefficient (Wildman–Crippen LogP) is 3.46. The van der Waals surface area contributed by atoms with Gasteiger partial charge in [-0.1, -0.05) is 18.2 Å². The largest absolute Gasteiger partial charge is 0.490 e. The average Bonchev–Trinajstić information content (AvgIpc) is 2.55. The molecule has 7 heteroatoms. The smallest absolute Gasteiger partial charge is 0.311 e. The van der Waals surface area contributed by atoms with E-state index in [1.54, 1.807) is 12.1 Å². The van der Waals surface area contributed by atoms with Crippen LogP contribution < -0.4 is 15.0 Å². The van der Waals surface area contributed by atoms with Crippen molar-refractivity contribution < 1.29 is 9.66 Å². The highest BCUT2D eigenvalue weighted by Crippen LogP contribution is 2.32. The fourth-order valence-electron chi connectivity index (χ4n) is 2.71.